The Hall–Kier alpha value is -0.570. The van der Waals surface area contributed by atoms with Gasteiger partial charge >= 0.3 is 5.97 Å². The van der Waals surface area contributed by atoms with Gasteiger partial charge in [0.1, 0.15) is 5.54 Å². The normalized spacial score (nSPS) is 45.1. The van der Waals surface area contributed by atoms with Crippen LogP contribution in [0.3, 0.4) is 0 Å². The standard InChI is InChI=1S/C7H13NO2/c1-3-6(2)4-7(6,8)5(9)10/h3-4,8H2,1-2H3,(H,9,10)/t6-,7-/m1/s1. The first-order valence-electron chi connectivity index (χ1n) is 3.48. The summed E-state index contributed by atoms with van der Waals surface area (Å²) in [6.07, 6.45) is 1.46. The van der Waals surface area contributed by atoms with Crippen LogP contribution in [0.1, 0.15) is 26.7 Å². The minimum absolute atomic E-state index is 0.154. The highest BCUT2D eigenvalue weighted by atomic mass is 16.4. The molecule has 3 heteroatoms. The highest BCUT2D eigenvalue weighted by Gasteiger charge is 2.66. The molecule has 1 saturated carbocycles. The van der Waals surface area contributed by atoms with E-state index in [2.05, 4.69) is 0 Å². The molecule has 0 aromatic carbocycles. The van der Waals surface area contributed by atoms with E-state index in [1.165, 1.54) is 0 Å². The minimum atomic E-state index is -0.929. The summed E-state index contributed by atoms with van der Waals surface area (Å²) in [6.45, 7) is 3.89. The van der Waals surface area contributed by atoms with Gasteiger partial charge in [0.2, 0.25) is 0 Å². The Morgan fingerprint density at radius 1 is 1.80 bits per heavy atom. The van der Waals surface area contributed by atoms with Crippen LogP contribution in [0.15, 0.2) is 0 Å². The number of nitrogens with two attached hydrogens (primary N) is 1. The van der Waals surface area contributed by atoms with Gasteiger partial charge in [0.05, 0.1) is 0 Å². The Balaban J connectivity index is 2.72. The zero-order valence-electron chi connectivity index (χ0n) is 6.35. The van der Waals surface area contributed by atoms with Crippen molar-refractivity contribution in [3.63, 3.8) is 0 Å². The number of hydrogen-bond acceptors (Lipinski definition) is 2. The van der Waals surface area contributed by atoms with Crippen LogP contribution in [0.4, 0.5) is 0 Å². The molecule has 0 aliphatic heterocycles. The summed E-state index contributed by atoms with van der Waals surface area (Å²) >= 11 is 0. The quantitative estimate of drug-likeness (QED) is 0.594. The molecule has 1 aliphatic carbocycles. The highest BCUT2D eigenvalue weighted by Crippen LogP contribution is 2.56. The first-order valence-corrected chi connectivity index (χ1v) is 3.48. The van der Waals surface area contributed by atoms with Gasteiger partial charge in [-0.3, -0.25) is 4.79 Å². The molecule has 0 radical (unpaired) electrons. The van der Waals surface area contributed by atoms with Gasteiger partial charge in [-0.1, -0.05) is 13.8 Å². The molecule has 58 valence electrons. The van der Waals surface area contributed by atoms with Crippen molar-refractivity contribution in [1.29, 1.82) is 0 Å². The SMILES string of the molecule is CC[C@]1(C)C[C@@]1(N)C(=O)O. The smallest absolute Gasteiger partial charge is 0.324 e. The van der Waals surface area contributed by atoms with Crippen LogP contribution in [-0.2, 0) is 4.79 Å². The van der Waals surface area contributed by atoms with Crippen LogP contribution in [-0.4, -0.2) is 16.6 Å². The van der Waals surface area contributed by atoms with Gasteiger partial charge in [-0.2, -0.15) is 0 Å². The molecule has 0 unspecified atom stereocenters. The molecule has 10 heavy (non-hydrogen) atoms. The third kappa shape index (κ3) is 0.669. The molecule has 3 N–H and O–H groups in total. The number of carboxylic acid groups (broad SMARTS) is 1. The van der Waals surface area contributed by atoms with E-state index in [1.807, 2.05) is 13.8 Å². The van der Waals surface area contributed by atoms with E-state index in [1.54, 1.807) is 0 Å². The minimum Gasteiger partial charge on any atom is -0.480 e. The summed E-state index contributed by atoms with van der Waals surface area (Å²) in [6, 6.07) is 0. The first kappa shape index (κ1) is 7.54. The predicted molar refractivity (Wildman–Crippen MR) is 37.6 cm³/mol. The Labute approximate surface area is 60.2 Å². The number of rotatable bonds is 2. The van der Waals surface area contributed by atoms with Gasteiger partial charge in [0.15, 0.2) is 0 Å². The van der Waals surface area contributed by atoms with E-state index in [-0.39, 0.29) is 5.41 Å². The first-order chi connectivity index (χ1) is 4.46. The van der Waals surface area contributed by atoms with E-state index in [0.717, 1.165) is 6.42 Å². The average molecular weight is 143 g/mol. The molecule has 0 aromatic rings. The second kappa shape index (κ2) is 1.72. The zero-order chi connectivity index (χ0) is 7.99. The lowest BCUT2D eigenvalue weighted by molar-refractivity contribution is -0.140. The molecule has 0 amide bonds. The van der Waals surface area contributed by atoms with Crippen LogP contribution in [0, 0.1) is 5.41 Å². The molecule has 2 atom stereocenters. The summed E-state index contributed by atoms with van der Waals surface area (Å²) in [7, 11) is 0. The van der Waals surface area contributed by atoms with Crippen molar-refractivity contribution in [2.75, 3.05) is 0 Å². The second-order valence-corrected chi connectivity index (χ2v) is 3.37. The molecule has 0 heterocycles. The predicted octanol–water partition coefficient (Wildman–Crippen LogP) is 0.588. The lowest BCUT2D eigenvalue weighted by atomic mass is 10.00. The average Bonchev–Trinajstić information content (AvgIpc) is 2.39. The fourth-order valence-electron chi connectivity index (χ4n) is 1.35. The summed E-state index contributed by atoms with van der Waals surface area (Å²) in [5.41, 5.74) is 4.50. The number of aliphatic carboxylic acids is 1. The third-order valence-corrected chi connectivity index (χ3v) is 2.78. The Morgan fingerprint density at radius 3 is 2.40 bits per heavy atom. The Bertz CT molecular complexity index is 180. The maximum atomic E-state index is 10.5. The van der Waals surface area contributed by atoms with Crippen molar-refractivity contribution in [3.8, 4) is 0 Å². The third-order valence-electron chi connectivity index (χ3n) is 2.78. The molecule has 0 saturated heterocycles. The molecule has 1 rings (SSSR count). The molecular weight excluding hydrogens is 130 g/mol. The highest BCUT2D eigenvalue weighted by molar-refractivity contribution is 5.84. The summed E-state index contributed by atoms with van der Waals surface area (Å²) < 4.78 is 0. The van der Waals surface area contributed by atoms with E-state index in [0.29, 0.717) is 6.42 Å². The molecule has 0 spiro atoms. The molecule has 1 fully saturated rings. The lowest BCUT2D eigenvalue weighted by Gasteiger charge is -2.11. The lowest BCUT2D eigenvalue weighted by Crippen LogP contribution is -2.38. The fourth-order valence-corrected chi connectivity index (χ4v) is 1.35. The fraction of sp³-hybridized carbons (Fsp3) is 0.857. The van der Waals surface area contributed by atoms with Gasteiger partial charge < -0.3 is 10.8 Å². The van der Waals surface area contributed by atoms with Gasteiger partial charge in [0, 0.05) is 0 Å². The largest absolute Gasteiger partial charge is 0.480 e. The van der Waals surface area contributed by atoms with E-state index in [4.69, 9.17) is 10.8 Å². The summed E-state index contributed by atoms with van der Waals surface area (Å²) in [4.78, 5) is 10.5. The van der Waals surface area contributed by atoms with Crippen LogP contribution in [0.25, 0.3) is 0 Å². The Morgan fingerprint density at radius 2 is 2.30 bits per heavy atom. The summed E-state index contributed by atoms with van der Waals surface area (Å²) in [5, 5.41) is 8.65. The van der Waals surface area contributed by atoms with Gasteiger partial charge in [-0.05, 0) is 18.3 Å². The van der Waals surface area contributed by atoms with Crippen molar-refractivity contribution >= 4 is 5.97 Å². The maximum absolute atomic E-state index is 10.5. The van der Waals surface area contributed by atoms with Crippen molar-refractivity contribution < 1.29 is 9.90 Å². The van der Waals surface area contributed by atoms with Crippen molar-refractivity contribution in [1.82, 2.24) is 0 Å². The van der Waals surface area contributed by atoms with E-state index < -0.39 is 11.5 Å². The van der Waals surface area contributed by atoms with Crippen molar-refractivity contribution in [3.05, 3.63) is 0 Å². The maximum Gasteiger partial charge on any atom is 0.324 e. The molecule has 3 nitrogen and oxygen atoms in total. The van der Waals surface area contributed by atoms with Crippen LogP contribution in [0.5, 0.6) is 0 Å². The molecular formula is C7H13NO2. The number of carbonyl (C=O) groups is 1. The monoisotopic (exact) mass is 143 g/mol. The van der Waals surface area contributed by atoms with Gasteiger partial charge in [-0.25, -0.2) is 0 Å². The van der Waals surface area contributed by atoms with E-state index in [9.17, 15) is 4.79 Å². The molecule has 0 bridgehead atoms. The van der Waals surface area contributed by atoms with Gasteiger partial charge in [0.25, 0.3) is 0 Å². The van der Waals surface area contributed by atoms with Crippen LogP contribution < -0.4 is 5.73 Å². The number of hydrogen-bond donors (Lipinski definition) is 2. The zero-order valence-corrected chi connectivity index (χ0v) is 6.35. The van der Waals surface area contributed by atoms with Crippen LogP contribution >= 0.6 is 0 Å². The van der Waals surface area contributed by atoms with Gasteiger partial charge in [-0.15, -0.1) is 0 Å². The van der Waals surface area contributed by atoms with Crippen molar-refractivity contribution in [2.24, 2.45) is 11.1 Å². The Kier molecular flexibility index (Phi) is 1.30. The van der Waals surface area contributed by atoms with Crippen LogP contribution in [0.2, 0.25) is 0 Å². The molecule has 0 aromatic heterocycles. The molecule has 1 aliphatic rings. The second-order valence-electron chi connectivity index (χ2n) is 3.37. The number of carboxylic acids is 1. The van der Waals surface area contributed by atoms with Crippen molar-refractivity contribution in [2.45, 2.75) is 32.2 Å². The van der Waals surface area contributed by atoms with E-state index >= 15 is 0 Å². The topological polar surface area (TPSA) is 63.3 Å². The summed E-state index contributed by atoms with van der Waals surface area (Å²) in [5.74, 6) is -0.864.